The van der Waals surface area contributed by atoms with Gasteiger partial charge in [-0.25, -0.2) is 4.39 Å². The molecular weight excluding hydrogens is 273 g/mol. The first kappa shape index (κ1) is 13.8. The molecule has 1 fully saturated rings. The topological polar surface area (TPSA) is 66.4 Å². The molecular formula is C13H13ClFNO3. The summed E-state index contributed by atoms with van der Waals surface area (Å²) in [6.45, 7) is 0.0609. The number of rotatable bonds is 4. The van der Waals surface area contributed by atoms with Gasteiger partial charge in [-0.05, 0) is 31.0 Å². The molecule has 2 rings (SSSR count). The van der Waals surface area contributed by atoms with Gasteiger partial charge >= 0.3 is 5.97 Å². The summed E-state index contributed by atoms with van der Waals surface area (Å²) in [7, 11) is 0. The first-order valence-electron chi connectivity index (χ1n) is 5.91. The Labute approximate surface area is 114 Å². The minimum Gasteiger partial charge on any atom is -0.481 e. The molecule has 6 heteroatoms. The van der Waals surface area contributed by atoms with Crippen molar-refractivity contribution in [1.82, 2.24) is 5.32 Å². The van der Waals surface area contributed by atoms with Crippen molar-refractivity contribution in [2.24, 2.45) is 5.41 Å². The molecule has 0 radical (unpaired) electrons. The smallest absolute Gasteiger partial charge is 0.311 e. The van der Waals surface area contributed by atoms with Gasteiger partial charge in [0.05, 0.1) is 10.4 Å². The predicted molar refractivity (Wildman–Crippen MR) is 67.7 cm³/mol. The van der Waals surface area contributed by atoms with Gasteiger partial charge in [0.15, 0.2) is 0 Å². The number of carbonyl (C=O) groups excluding carboxylic acids is 1. The average Bonchev–Trinajstić information content (AvgIpc) is 2.30. The molecule has 0 bridgehead atoms. The van der Waals surface area contributed by atoms with Crippen LogP contribution in [0, 0.1) is 11.2 Å². The number of benzene rings is 1. The van der Waals surface area contributed by atoms with E-state index in [0.29, 0.717) is 12.8 Å². The fourth-order valence-electron chi connectivity index (χ4n) is 2.06. The van der Waals surface area contributed by atoms with E-state index in [1.54, 1.807) is 0 Å². The highest BCUT2D eigenvalue weighted by atomic mass is 35.5. The number of halogens is 2. The molecule has 1 saturated carbocycles. The number of amides is 1. The van der Waals surface area contributed by atoms with Crippen LogP contribution in [0.3, 0.4) is 0 Å². The van der Waals surface area contributed by atoms with E-state index in [4.69, 9.17) is 16.7 Å². The quantitative estimate of drug-likeness (QED) is 0.893. The standard InChI is InChI=1S/C13H13ClFNO3/c14-9-3-2-8(6-10(9)15)11(17)16-7-13(12(18)19)4-1-5-13/h2-3,6H,1,4-5,7H2,(H,16,17)(H,18,19). The van der Waals surface area contributed by atoms with E-state index in [-0.39, 0.29) is 17.1 Å². The van der Waals surface area contributed by atoms with Crippen molar-refractivity contribution in [2.75, 3.05) is 6.54 Å². The highest BCUT2D eigenvalue weighted by molar-refractivity contribution is 6.30. The molecule has 1 amide bonds. The van der Waals surface area contributed by atoms with Crippen LogP contribution in [0.1, 0.15) is 29.6 Å². The summed E-state index contributed by atoms with van der Waals surface area (Å²) in [5.41, 5.74) is -0.734. The number of hydrogen-bond acceptors (Lipinski definition) is 2. The summed E-state index contributed by atoms with van der Waals surface area (Å²) in [6, 6.07) is 3.73. The molecule has 0 aromatic heterocycles. The number of nitrogens with one attached hydrogen (secondary N) is 1. The molecule has 0 atom stereocenters. The SMILES string of the molecule is O=C(NCC1(C(=O)O)CCC1)c1ccc(Cl)c(F)c1. The van der Waals surface area contributed by atoms with Crippen molar-refractivity contribution >= 4 is 23.5 Å². The first-order valence-corrected chi connectivity index (χ1v) is 6.29. The minimum atomic E-state index is -0.902. The van der Waals surface area contributed by atoms with Gasteiger partial charge in [0.25, 0.3) is 5.91 Å². The van der Waals surface area contributed by atoms with Crippen LogP contribution in [0.2, 0.25) is 5.02 Å². The van der Waals surface area contributed by atoms with Gasteiger partial charge in [0.1, 0.15) is 5.82 Å². The number of carboxylic acid groups (broad SMARTS) is 1. The Hall–Kier alpha value is -1.62. The number of carbonyl (C=O) groups is 2. The Morgan fingerprint density at radius 1 is 1.42 bits per heavy atom. The monoisotopic (exact) mass is 285 g/mol. The molecule has 0 unspecified atom stereocenters. The molecule has 19 heavy (non-hydrogen) atoms. The third-order valence-electron chi connectivity index (χ3n) is 3.53. The number of hydrogen-bond donors (Lipinski definition) is 2. The van der Waals surface area contributed by atoms with E-state index in [1.807, 2.05) is 0 Å². The largest absolute Gasteiger partial charge is 0.481 e. The van der Waals surface area contributed by atoms with Crippen molar-refractivity contribution in [3.05, 3.63) is 34.6 Å². The summed E-state index contributed by atoms with van der Waals surface area (Å²) in [4.78, 5) is 22.9. The van der Waals surface area contributed by atoms with Crippen LogP contribution in [0.4, 0.5) is 4.39 Å². The van der Waals surface area contributed by atoms with Gasteiger partial charge in [-0.3, -0.25) is 9.59 Å². The first-order chi connectivity index (χ1) is 8.94. The van der Waals surface area contributed by atoms with Crippen molar-refractivity contribution in [3.63, 3.8) is 0 Å². The maximum Gasteiger partial charge on any atom is 0.311 e. The summed E-state index contributed by atoms with van der Waals surface area (Å²) >= 11 is 5.52. The van der Waals surface area contributed by atoms with Crippen LogP contribution in [0.25, 0.3) is 0 Å². The van der Waals surface area contributed by atoms with Crippen LogP contribution < -0.4 is 5.32 Å². The van der Waals surface area contributed by atoms with Crippen LogP contribution in [0.5, 0.6) is 0 Å². The second-order valence-electron chi connectivity index (χ2n) is 4.75. The van der Waals surface area contributed by atoms with Crippen LogP contribution >= 0.6 is 11.6 Å². The molecule has 102 valence electrons. The van der Waals surface area contributed by atoms with Gasteiger partial charge in [0.2, 0.25) is 0 Å². The second kappa shape index (κ2) is 5.17. The third kappa shape index (κ3) is 2.71. The molecule has 1 aliphatic rings. The Kier molecular flexibility index (Phi) is 3.75. The summed E-state index contributed by atoms with van der Waals surface area (Å²) in [5.74, 6) is -2.07. The maximum atomic E-state index is 13.2. The highest BCUT2D eigenvalue weighted by Crippen LogP contribution is 2.40. The molecule has 0 spiro atoms. The van der Waals surface area contributed by atoms with Gasteiger partial charge in [-0.2, -0.15) is 0 Å². The third-order valence-corrected chi connectivity index (χ3v) is 3.84. The molecule has 2 N–H and O–H groups in total. The molecule has 0 heterocycles. The maximum absolute atomic E-state index is 13.2. The number of aliphatic carboxylic acids is 1. The fraction of sp³-hybridized carbons (Fsp3) is 0.385. The lowest BCUT2D eigenvalue weighted by atomic mass is 9.69. The van der Waals surface area contributed by atoms with Crippen LogP contribution in [-0.4, -0.2) is 23.5 Å². The predicted octanol–water partition coefficient (Wildman–Crippen LogP) is 2.46. The zero-order valence-corrected chi connectivity index (χ0v) is 10.8. The molecule has 4 nitrogen and oxygen atoms in total. The number of carboxylic acids is 1. The Morgan fingerprint density at radius 3 is 2.58 bits per heavy atom. The lowest BCUT2D eigenvalue weighted by Gasteiger charge is -2.37. The molecule has 1 aromatic carbocycles. The van der Waals surface area contributed by atoms with Crippen LogP contribution in [0.15, 0.2) is 18.2 Å². The minimum absolute atomic E-state index is 0.0578. The van der Waals surface area contributed by atoms with Gasteiger partial charge < -0.3 is 10.4 Å². The second-order valence-corrected chi connectivity index (χ2v) is 5.16. The summed E-state index contributed by atoms with van der Waals surface area (Å²) < 4.78 is 13.2. The molecule has 0 saturated heterocycles. The Bertz CT molecular complexity index is 529. The van der Waals surface area contributed by atoms with Crippen LogP contribution in [-0.2, 0) is 4.79 Å². The van der Waals surface area contributed by atoms with E-state index in [2.05, 4.69) is 5.32 Å². The summed E-state index contributed by atoms with van der Waals surface area (Å²) in [5, 5.41) is 11.6. The molecule has 1 aliphatic carbocycles. The molecule has 1 aromatic rings. The van der Waals surface area contributed by atoms with E-state index in [9.17, 15) is 14.0 Å². The van der Waals surface area contributed by atoms with E-state index in [0.717, 1.165) is 12.5 Å². The average molecular weight is 286 g/mol. The van der Waals surface area contributed by atoms with Gasteiger partial charge in [0, 0.05) is 12.1 Å². The van der Waals surface area contributed by atoms with Gasteiger partial charge in [-0.15, -0.1) is 0 Å². The highest BCUT2D eigenvalue weighted by Gasteiger charge is 2.44. The Balaban J connectivity index is 2.01. The van der Waals surface area contributed by atoms with Gasteiger partial charge in [-0.1, -0.05) is 18.0 Å². The molecule has 0 aliphatic heterocycles. The van der Waals surface area contributed by atoms with Crippen molar-refractivity contribution in [3.8, 4) is 0 Å². The normalized spacial score (nSPS) is 16.5. The van der Waals surface area contributed by atoms with E-state index in [1.165, 1.54) is 12.1 Å². The van der Waals surface area contributed by atoms with Crippen molar-refractivity contribution in [1.29, 1.82) is 0 Å². The van der Waals surface area contributed by atoms with Crippen molar-refractivity contribution < 1.29 is 19.1 Å². The Morgan fingerprint density at radius 2 is 2.11 bits per heavy atom. The zero-order valence-electron chi connectivity index (χ0n) is 10.1. The summed E-state index contributed by atoms with van der Waals surface area (Å²) in [6.07, 6.45) is 1.95. The zero-order chi connectivity index (χ0) is 14.0. The van der Waals surface area contributed by atoms with Crippen molar-refractivity contribution in [2.45, 2.75) is 19.3 Å². The van der Waals surface area contributed by atoms with E-state index < -0.39 is 23.1 Å². The lowest BCUT2D eigenvalue weighted by molar-refractivity contribution is -0.153. The lowest BCUT2D eigenvalue weighted by Crippen LogP contribution is -2.47. The fourth-order valence-corrected chi connectivity index (χ4v) is 2.18. The van der Waals surface area contributed by atoms with E-state index >= 15 is 0 Å².